The van der Waals surface area contributed by atoms with E-state index >= 15 is 0 Å². The van der Waals surface area contributed by atoms with Crippen molar-refractivity contribution in [2.75, 3.05) is 18.4 Å². The number of hydrogen-bond acceptors (Lipinski definition) is 3. The molecule has 0 spiro atoms. The van der Waals surface area contributed by atoms with Gasteiger partial charge in [0.2, 0.25) is 15.9 Å². The van der Waals surface area contributed by atoms with Gasteiger partial charge in [-0.2, -0.15) is 4.31 Å². The molecule has 3 aromatic rings. The average Bonchev–Trinajstić information content (AvgIpc) is 2.76. The van der Waals surface area contributed by atoms with Crippen molar-refractivity contribution >= 4 is 55.6 Å². The number of nitrogens with zero attached hydrogens (tertiary/aromatic N) is 1. The molecule has 0 aliphatic carbocycles. The van der Waals surface area contributed by atoms with Crippen molar-refractivity contribution in [3.05, 3.63) is 70.7 Å². The Morgan fingerprint density at radius 1 is 0.900 bits per heavy atom. The van der Waals surface area contributed by atoms with E-state index in [9.17, 15) is 13.2 Å². The fourth-order valence-corrected chi connectivity index (χ4v) is 5.68. The van der Waals surface area contributed by atoms with Crippen LogP contribution in [0.2, 0.25) is 10.0 Å². The van der Waals surface area contributed by atoms with E-state index < -0.39 is 10.0 Å². The predicted molar refractivity (Wildman–Crippen MR) is 121 cm³/mol. The Bertz CT molecular complexity index is 1190. The number of halogens is 2. The van der Waals surface area contributed by atoms with E-state index in [0.717, 1.165) is 10.8 Å². The molecule has 156 valence electrons. The number of benzene rings is 3. The molecule has 30 heavy (non-hydrogen) atoms. The van der Waals surface area contributed by atoms with Gasteiger partial charge in [0.1, 0.15) is 0 Å². The molecule has 1 saturated heterocycles. The van der Waals surface area contributed by atoms with Gasteiger partial charge in [0.25, 0.3) is 0 Å². The molecule has 3 aromatic carbocycles. The molecule has 0 atom stereocenters. The van der Waals surface area contributed by atoms with E-state index in [4.69, 9.17) is 23.2 Å². The third-order valence-corrected chi connectivity index (χ3v) is 7.92. The first-order valence-electron chi connectivity index (χ1n) is 9.60. The molecule has 0 radical (unpaired) electrons. The molecule has 1 aliphatic rings. The molecule has 0 aromatic heterocycles. The third kappa shape index (κ3) is 4.18. The summed E-state index contributed by atoms with van der Waals surface area (Å²) >= 11 is 12.2. The Balaban J connectivity index is 1.45. The molecular weight excluding hydrogens is 443 g/mol. The Hall–Kier alpha value is -2.12. The first-order chi connectivity index (χ1) is 14.4. The van der Waals surface area contributed by atoms with Crippen LogP contribution in [0.25, 0.3) is 10.8 Å². The van der Waals surface area contributed by atoms with Crippen molar-refractivity contribution in [2.45, 2.75) is 17.7 Å². The van der Waals surface area contributed by atoms with Crippen molar-refractivity contribution in [3.63, 3.8) is 0 Å². The number of carbonyl (C=O) groups is 1. The van der Waals surface area contributed by atoms with Crippen LogP contribution in [0, 0.1) is 5.92 Å². The monoisotopic (exact) mass is 462 g/mol. The van der Waals surface area contributed by atoms with Crippen LogP contribution in [-0.2, 0) is 14.8 Å². The van der Waals surface area contributed by atoms with Crippen molar-refractivity contribution in [1.29, 1.82) is 0 Å². The van der Waals surface area contributed by atoms with Crippen molar-refractivity contribution < 1.29 is 13.2 Å². The average molecular weight is 463 g/mol. The lowest BCUT2D eigenvalue weighted by Gasteiger charge is -2.30. The minimum Gasteiger partial charge on any atom is -0.323 e. The number of nitrogens with one attached hydrogen (secondary N) is 1. The summed E-state index contributed by atoms with van der Waals surface area (Å²) < 4.78 is 27.6. The van der Waals surface area contributed by atoms with Crippen LogP contribution in [-0.4, -0.2) is 31.7 Å². The SMILES string of the molecule is O=C(Nc1c(Cl)cccc1Cl)C1CCN(S(=O)(=O)c2ccc3ccccc3c2)CC1. The first-order valence-corrected chi connectivity index (χ1v) is 11.8. The summed E-state index contributed by atoms with van der Waals surface area (Å²) in [6.45, 7) is 0.563. The van der Waals surface area contributed by atoms with Crippen LogP contribution < -0.4 is 5.32 Å². The topological polar surface area (TPSA) is 66.5 Å². The lowest BCUT2D eigenvalue weighted by atomic mass is 9.97. The van der Waals surface area contributed by atoms with E-state index in [1.165, 1.54) is 4.31 Å². The molecular formula is C22H20Cl2N2O3S. The molecule has 4 rings (SSSR count). The summed E-state index contributed by atoms with van der Waals surface area (Å²) in [6.07, 6.45) is 0.863. The quantitative estimate of drug-likeness (QED) is 0.580. The molecule has 1 fully saturated rings. The minimum absolute atomic E-state index is 0.201. The lowest BCUT2D eigenvalue weighted by molar-refractivity contribution is -0.120. The fourth-order valence-electron chi connectivity index (χ4n) is 3.68. The second-order valence-electron chi connectivity index (χ2n) is 7.27. The number of piperidine rings is 1. The smallest absolute Gasteiger partial charge is 0.243 e. The van der Waals surface area contributed by atoms with Gasteiger partial charge in [0.15, 0.2) is 0 Å². The Kier molecular flexibility index (Phi) is 6.02. The second kappa shape index (κ2) is 8.55. The van der Waals surface area contributed by atoms with Crippen LogP contribution in [0.4, 0.5) is 5.69 Å². The van der Waals surface area contributed by atoms with Crippen LogP contribution in [0.3, 0.4) is 0 Å². The van der Waals surface area contributed by atoms with Crippen LogP contribution in [0.5, 0.6) is 0 Å². The highest BCUT2D eigenvalue weighted by molar-refractivity contribution is 7.89. The second-order valence-corrected chi connectivity index (χ2v) is 10.0. The maximum absolute atomic E-state index is 13.1. The number of hydrogen-bond donors (Lipinski definition) is 1. The predicted octanol–water partition coefficient (Wildman–Crippen LogP) is 5.19. The Morgan fingerprint density at radius 3 is 2.20 bits per heavy atom. The number of sulfonamides is 1. The van der Waals surface area contributed by atoms with Gasteiger partial charge in [-0.05, 0) is 47.9 Å². The minimum atomic E-state index is -3.62. The van der Waals surface area contributed by atoms with Crippen LogP contribution in [0.15, 0.2) is 65.6 Å². The van der Waals surface area contributed by atoms with E-state index in [1.54, 1.807) is 30.3 Å². The van der Waals surface area contributed by atoms with Gasteiger partial charge in [0.05, 0.1) is 20.6 Å². The van der Waals surface area contributed by atoms with Gasteiger partial charge in [-0.1, -0.05) is 59.6 Å². The molecule has 8 heteroatoms. The van der Waals surface area contributed by atoms with Crippen molar-refractivity contribution in [2.24, 2.45) is 5.92 Å². The van der Waals surface area contributed by atoms with Crippen molar-refractivity contribution in [1.82, 2.24) is 4.31 Å². The van der Waals surface area contributed by atoms with E-state index in [2.05, 4.69) is 5.32 Å². The Morgan fingerprint density at radius 2 is 1.53 bits per heavy atom. The Labute approximate surface area is 185 Å². The highest BCUT2D eigenvalue weighted by Gasteiger charge is 2.32. The standard InChI is InChI=1S/C22H20Cl2N2O3S/c23-19-6-3-7-20(24)21(19)25-22(27)16-10-12-26(13-11-16)30(28,29)18-9-8-15-4-1-2-5-17(15)14-18/h1-9,14,16H,10-13H2,(H,25,27). The van der Waals surface area contributed by atoms with Crippen molar-refractivity contribution in [3.8, 4) is 0 Å². The molecule has 0 unspecified atom stereocenters. The molecule has 0 saturated carbocycles. The number of carbonyl (C=O) groups excluding carboxylic acids is 1. The number of amides is 1. The summed E-state index contributed by atoms with van der Waals surface area (Å²) in [4.78, 5) is 12.9. The highest BCUT2D eigenvalue weighted by Crippen LogP contribution is 2.32. The number of rotatable bonds is 4. The van der Waals surface area contributed by atoms with Gasteiger partial charge in [-0.15, -0.1) is 0 Å². The largest absolute Gasteiger partial charge is 0.323 e. The zero-order valence-corrected chi connectivity index (χ0v) is 18.3. The van der Waals surface area contributed by atoms with Gasteiger partial charge in [-0.25, -0.2) is 8.42 Å². The summed E-state index contributed by atoms with van der Waals surface area (Å²) in [7, 11) is -3.62. The molecule has 1 aliphatic heterocycles. The lowest BCUT2D eigenvalue weighted by Crippen LogP contribution is -2.41. The first kappa shape index (κ1) is 21.1. The van der Waals surface area contributed by atoms with Gasteiger partial charge in [-0.3, -0.25) is 4.79 Å². The molecule has 0 bridgehead atoms. The molecule has 1 amide bonds. The fraction of sp³-hybridized carbons (Fsp3) is 0.227. The summed E-state index contributed by atoms with van der Waals surface area (Å²) in [5.74, 6) is -0.506. The van der Waals surface area contributed by atoms with Gasteiger partial charge in [0, 0.05) is 19.0 Å². The maximum Gasteiger partial charge on any atom is 0.243 e. The van der Waals surface area contributed by atoms with Gasteiger partial charge < -0.3 is 5.32 Å². The highest BCUT2D eigenvalue weighted by atomic mass is 35.5. The summed E-state index contributed by atoms with van der Waals surface area (Å²) in [6, 6.07) is 17.8. The normalized spacial score (nSPS) is 15.9. The van der Waals surface area contributed by atoms with Crippen LogP contribution >= 0.6 is 23.2 Å². The maximum atomic E-state index is 13.1. The molecule has 5 nitrogen and oxygen atoms in total. The van der Waals surface area contributed by atoms with E-state index in [0.29, 0.717) is 28.6 Å². The summed E-state index contributed by atoms with van der Waals surface area (Å²) in [5.41, 5.74) is 0.386. The summed E-state index contributed by atoms with van der Waals surface area (Å²) in [5, 5.41) is 5.39. The third-order valence-electron chi connectivity index (χ3n) is 5.39. The molecule has 1 heterocycles. The van der Waals surface area contributed by atoms with Crippen LogP contribution in [0.1, 0.15) is 12.8 Å². The number of anilines is 1. The zero-order valence-electron chi connectivity index (χ0n) is 16.0. The number of fused-ring (bicyclic) bond motifs is 1. The zero-order chi connectivity index (χ0) is 21.3. The molecule has 1 N–H and O–H groups in total. The van der Waals surface area contributed by atoms with Gasteiger partial charge >= 0.3 is 0 Å². The number of para-hydroxylation sites is 1. The van der Waals surface area contributed by atoms with E-state index in [-0.39, 0.29) is 29.8 Å². The van der Waals surface area contributed by atoms with E-state index in [1.807, 2.05) is 30.3 Å².